The Bertz CT molecular complexity index is 987. The second-order valence-electron chi connectivity index (χ2n) is 7.89. The lowest BCUT2D eigenvalue weighted by Crippen LogP contribution is -2.44. The second kappa shape index (κ2) is 9.05. The Labute approximate surface area is 178 Å². The Balaban J connectivity index is 1.34. The van der Waals surface area contributed by atoms with Gasteiger partial charge in [0.25, 0.3) is 0 Å². The number of benzene rings is 2. The zero-order chi connectivity index (χ0) is 20.9. The van der Waals surface area contributed by atoms with Crippen LogP contribution in [0.5, 0.6) is 0 Å². The zero-order valence-corrected chi connectivity index (χ0v) is 17.1. The standard InChI is InChI=1S/C25H26N4O/c1-19(30)25-27-13-16-29(25)14-2-3-20-4-6-21(7-5-20)22-8-10-23(11-9-22)24-17-28(18-24)15-12-26/h4-11,13,16,19,24-25,27,30H,14-15,17-18H2,1H3. The van der Waals surface area contributed by atoms with Crippen LogP contribution in [0.25, 0.3) is 11.1 Å². The minimum Gasteiger partial charge on any atom is -0.389 e. The summed E-state index contributed by atoms with van der Waals surface area (Å²) >= 11 is 0. The second-order valence-corrected chi connectivity index (χ2v) is 7.89. The normalized spacial score (nSPS) is 19.4. The van der Waals surface area contributed by atoms with E-state index in [1.54, 1.807) is 6.92 Å². The topological polar surface area (TPSA) is 62.5 Å². The number of nitrogens with one attached hydrogen (secondary N) is 1. The fraction of sp³-hybridized carbons (Fsp3) is 0.320. The van der Waals surface area contributed by atoms with Gasteiger partial charge in [0.1, 0.15) is 6.17 Å². The van der Waals surface area contributed by atoms with Gasteiger partial charge in [0.2, 0.25) is 0 Å². The van der Waals surface area contributed by atoms with Crippen molar-refractivity contribution < 1.29 is 5.11 Å². The molecule has 0 spiro atoms. The third-order valence-electron chi connectivity index (χ3n) is 5.69. The molecule has 4 rings (SSSR count). The van der Waals surface area contributed by atoms with E-state index >= 15 is 0 Å². The summed E-state index contributed by atoms with van der Waals surface area (Å²) in [5, 5.41) is 21.6. The number of likely N-dealkylation sites (tertiary alicyclic amines) is 1. The fourth-order valence-corrected chi connectivity index (χ4v) is 3.93. The summed E-state index contributed by atoms with van der Waals surface area (Å²) in [5.74, 6) is 6.92. The first-order valence-corrected chi connectivity index (χ1v) is 10.3. The lowest BCUT2D eigenvalue weighted by Gasteiger charge is -2.37. The molecule has 30 heavy (non-hydrogen) atoms. The number of aliphatic hydroxyl groups is 1. The van der Waals surface area contributed by atoms with E-state index < -0.39 is 6.10 Å². The Morgan fingerprint density at radius 2 is 1.73 bits per heavy atom. The third-order valence-corrected chi connectivity index (χ3v) is 5.69. The number of aliphatic hydroxyl groups excluding tert-OH is 1. The van der Waals surface area contributed by atoms with Crippen molar-refractivity contribution in [3.63, 3.8) is 0 Å². The quantitative estimate of drug-likeness (QED) is 0.599. The lowest BCUT2D eigenvalue weighted by atomic mass is 9.90. The summed E-state index contributed by atoms with van der Waals surface area (Å²) in [6, 6.07) is 19.3. The molecule has 0 radical (unpaired) electrons. The molecule has 5 heteroatoms. The summed E-state index contributed by atoms with van der Waals surface area (Å²) in [4.78, 5) is 4.16. The molecule has 2 aromatic carbocycles. The largest absolute Gasteiger partial charge is 0.389 e. The maximum atomic E-state index is 9.77. The van der Waals surface area contributed by atoms with Crippen LogP contribution in [0.15, 0.2) is 60.9 Å². The first-order chi connectivity index (χ1) is 14.6. The van der Waals surface area contributed by atoms with Crippen LogP contribution in [0.4, 0.5) is 0 Å². The van der Waals surface area contributed by atoms with Crippen molar-refractivity contribution in [2.24, 2.45) is 0 Å². The Kier molecular flexibility index (Phi) is 6.05. The van der Waals surface area contributed by atoms with Crippen molar-refractivity contribution in [2.75, 3.05) is 26.2 Å². The minimum atomic E-state index is -0.465. The van der Waals surface area contributed by atoms with Crippen molar-refractivity contribution in [1.82, 2.24) is 15.1 Å². The number of hydrogen-bond acceptors (Lipinski definition) is 5. The molecule has 2 aliphatic rings. The molecule has 0 saturated carbocycles. The fourth-order valence-electron chi connectivity index (χ4n) is 3.93. The SMILES string of the molecule is CC(O)C1NC=CN1CC#Cc1ccc(-c2ccc(C3CN(CC#N)C3)cc2)cc1. The van der Waals surface area contributed by atoms with E-state index in [1.165, 1.54) is 16.7 Å². The highest BCUT2D eigenvalue weighted by Gasteiger charge is 2.27. The number of nitriles is 1. The highest BCUT2D eigenvalue weighted by Crippen LogP contribution is 2.28. The molecule has 1 saturated heterocycles. The first-order valence-electron chi connectivity index (χ1n) is 10.3. The van der Waals surface area contributed by atoms with E-state index in [1.807, 2.05) is 29.4 Å². The van der Waals surface area contributed by atoms with Crippen molar-refractivity contribution in [2.45, 2.75) is 25.1 Å². The summed E-state index contributed by atoms with van der Waals surface area (Å²) < 4.78 is 0. The van der Waals surface area contributed by atoms with Gasteiger partial charge in [0, 0.05) is 37.0 Å². The summed E-state index contributed by atoms with van der Waals surface area (Å²) in [6.45, 7) is 4.81. The molecule has 2 unspecified atom stereocenters. The van der Waals surface area contributed by atoms with E-state index in [0.29, 0.717) is 19.0 Å². The van der Waals surface area contributed by atoms with Gasteiger partial charge in [-0.1, -0.05) is 48.2 Å². The van der Waals surface area contributed by atoms with Crippen molar-refractivity contribution in [1.29, 1.82) is 5.26 Å². The monoisotopic (exact) mass is 398 g/mol. The molecule has 152 valence electrons. The van der Waals surface area contributed by atoms with Gasteiger partial charge in [0.05, 0.1) is 25.3 Å². The molecule has 1 fully saturated rings. The van der Waals surface area contributed by atoms with Crippen LogP contribution in [0.2, 0.25) is 0 Å². The van der Waals surface area contributed by atoms with E-state index in [0.717, 1.165) is 18.7 Å². The number of hydrogen-bond donors (Lipinski definition) is 2. The van der Waals surface area contributed by atoms with E-state index in [9.17, 15) is 5.11 Å². The highest BCUT2D eigenvalue weighted by molar-refractivity contribution is 5.64. The van der Waals surface area contributed by atoms with Gasteiger partial charge in [0.15, 0.2) is 0 Å². The van der Waals surface area contributed by atoms with Crippen molar-refractivity contribution in [3.05, 3.63) is 72.1 Å². The van der Waals surface area contributed by atoms with E-state index in [2.05, 4.69) is 64.5 Å². The molecule has 5 nitrogen and oxygen atoms in total. The first kappa shape index (κ1) is 20.0. The summed E-state index contributed by atoms with van der Waals surface area (Å²) in [6.07, 6.45) is 3.18. The maximum Gasteiger partial charge on any atom is 0.125 e. The predicted octanol–water partition coefficient (Wildman–Crippen LogP) is 2.71. The molecular formula is C25H26N4O. The van der Waals surface area contributed by atoms with Crippen molar-refractivity contribution in [3.8, 4) is 29.0 Å². The van der Waals surface area contributed by atoms with E-state index in [4.69, 9.17) is 5.26 Å². The van der Waals surface area contributed by atoms with E-state index in [-0.39, 0.29) is 6.17 Å². The summed E-state index contributed by atoms with van der Waals surface area (Å²) in [5.41, 5.74) is 4.69. The van der Waals surface area contributed by atoms with Crippen LogP contribution in [0.3, 0.4) is 0 Å². The highest BCUT2D eigenvalue weighted by atomic mass is 16.3. The molecule has 0 aromatic heterocycles. The van der Waals surface area contributed by atoms with Gasteiger partial charge < -0.3 is 15.3 Å². The predicted molar refractivity (Wildman–Crippen MR) is 118 cm³/mol. The molecule has 0 bridgehead atoms. The minimum absolute atomic E-state index is 0.112. The summed E-state index contributed by atoms with van der Waals surface area (Å²) in [7, 11) is 0. The van der Waals surface area contributed by atoms with Crippen LogP contribution in [-0.2, 0) is 0 Å². The van der Waals surface area contributed by atoms with Gasteiger partial charge in [-0.05, 0) is 35.7 Å². The third kappa shape index (κ3) is 4.49. The molecular weight excluding hydrogens is 372 g/mol. The van der Waals surface area contributed by atoms with Crippen LogP contribution in [-0.4, -0.2) is 53.4 Å². The maximum absolute atomic E-state index is 9.77. The molecule has 2 heterocycles. The molecule has 0 amide bonds. The Hall–Kier alpha value is -3.25. The van der Waals surface area contributed by atoms with Crippen LogP contribution in [0, 0.1) is 23.2 Å². The molecule has 2 aromatic rings. The molecule has 0 aliphatic carbocycles. The van der Waals surface area contributed by atoms with Crippen LogP contribution < -0.4 is 5.32 Å². The van der Waals surface area contributed by atoms with Gasteiger partial charge in [-0.25, -0.2) is 0 Å². The van der Waals surface area contributed by atoms with Crippen molar-refractivity contribution >= 4 is 0 Å². The molecule has 2 atom stereocenters. The number of nitrogens with zero attached hydrogens (tertiary/aromatic N) is 3. The zero-order valence-electron chi connectivity index (χ0n) is 17.1. The smallest absolute Gasteiger partial charge is 0.125 e. The van der Waals surface area contributed by atoms with Crippen LogP contribution >= 0.6 is 0 Å². The van der Waals surface area contributed by atoms with Crippen LogP contribution in [0.1, 0.15) is 24.0 Å². The van der Waals surface area contributed by atoms with Gasteiger partial charge >= 0.3 is 0 Å². The van der Waals surface area contributed by atoms with Gasteiger partial charge in [-0.2, -0.15) is 5.26 Å². The van der Waals surface area contributed by atoms with Gasteiger partial charge in [-0.3, -0.25) is 4.90 Å². The average Bonchev–Trinajstić information content (AvgIpc) is 3.20. The number of rotatable bonds is 5. The molecule has 2 aliphatic heterocycles. The Morgan fingerprint density at radius 3 is 2.37 bits per heavy atom. The average molecular weight is 399 g/mol. The van der Waals surface area contributed by atoms with Gasteiger partial charge in [-0.15, -0.1) is 0 Å². The Morgan fingerprint density at radius 1 is 1.07 bits per heavy atom. The lowest BCUT2D eigenvalue weighted by molar-refractivity contribution is 0.0928. The molecule has 2 N–H and O–H groups in total.